The van der Waals surface area contributed by atoms with Crippen molar-refractivity contribution >= 4 is 17.4 Å². The molecule has 1 aliphatic heterocycles. The highest BCUT2D eigenvalue weighted by Gasteiger charge is 2.25. The lowest BCUT2D eigenvalue weighted by atomic mass is 10.2. The maximum Gasteiger partial charge on any atom is 0.240 e. The zero-order valence-corrected chi connectivity index (χ0v) is 12.5. The Morgan fingerprint density at radius 1 is 1.30 bits per heavy atom. The molecule has 1 N–H and O–H groups in total. The van der Waals surface area contributed by atoms with Crippen LogP contribution in [0.5, 0.6) is 0 Å². The Balaban J connectivity index is 1.37. The number of anilines is 1. The molecule has 118 valence electrons. The van der Waals surface area contributed by atoms with E-state index < -0.39 is 0 Å². The average Bonchev–Trinajstić information content (AvgIpc) is 3.27. The molecule has 23 heavy (non-hydrogen) atoms. The molecule has 0 unspecified atom stereocenters. The summed E-state index contributed by atoms with van der Waals surface area (Å²) < 4.78 is 3.52. The average molecular weight is 311 g/mol. The van der Waals surface area contributed by atoms with Gasteiger partial charge in [-0.2, -0.15) is 4.52 Å². The van der Waals surface area contributed by atoms with Gasteiger partial charge in [0.05, 0.1) is 0 Å². The first kappa shape index (κ1) is 13.7. The summed E-state index contributed by atoms with van der Waals surface area (Å²) in [6.45, 7) is 1.99. The Labute approximate surface area is 132 Å². The SMILES string of the molecule is O=C(Cn1cccc1)N[C@H]1CCN(c2ccc3nncn3n2)C1. The van der Waals surface area contributed by atoms with Crippen molar-refractivity contribution in [2.24, 2.45) is 0 Å². The Morgan fingerprint density at radius 2 is 2.17 bits per heavy atom. The summed E-state index contributed by atoms with van der Waals surface area (Å²) in [7, 11) is 0. The third-order valence-electron chi connectivity index (χ3n) is 4.02. The zero-order valence-electron chi connectivity index (χ0n) is 12.5. The van der Waals surface area contributed by atoms with Crippen molar-refractivity contribution in [2.45, 2.75) is 19.0 Å². The fourth-order valence-electron chi connectivity index (χ4n) is 2.89. The molecule has 0 aliphatic carbocycles. The van der Waals surface area contributed by atoms with Gasteiger partial charge < -0.3 is 14.8 Å². The van der Waals surface area contributed by atoms with Crippen LogP contribution in [0.25, 0.3) is 5.65 Å². The quantitative estimate of drug-likeness (QED) is 0.750. The molecule has 0 bridgehead atoms. The largest absolute Gasteiger partial charge is 0.353 e. The van der Waals surface area contributed by atoms with Crippen molar-refractivity contribution in [1.82, 2.24) is 29.7 Å². The topological polar surface area (TPSA) is 80.4 Å². The van der Waals surface area contributed by atoms with E-state index in [4.69, 9.17) is 0 Å². The number of rotatable bonds is 4. The van der Waals surface area contributed by atoms with E-state index in [9.17, 15) is 4.79 Å². The summed E-state index contributed by atoms with van der Waals surface area (Å²) in [6.07, 6.45) is 6.28. The molecule has 1 fully saturated rings. The van der Waals surface area contributed by atoms with Gasteiger partial charge in [-0.15, -0.1) is 15.3 Å². The molecule has 1 atom stereocenters. The van der Waals surface area contributed by atoms with Crippen LogP contribution in [0.2, 0.25) is 0 Å². The normalized spacial score (nSPS) is 17.7. The summed E-state index contributed by atoms with van der Waals surface area (Å²) >= 11 is 0. The zero-order chi connectivity index (χ0) is 15.6. The Hall–Kier alpha value is -2.90. The Kier molecular flexibility index (Phi) is 3.41. The molecular formula is C15H17N7O. The van der Waals surface area contributed by atoms with Crippen LogP contribution >= 0.6 is 0 Å². The minimum absolute atomic E-state index is 0.0373. The van der Waals surface area contributed by atoms with Gasteiger partial charge in [-0.3, -0.25) is 4.79 Å². The third kappa shape index (κ3) is 2.87. The standard InChI is InChI=1S/C15H17N7O/c23-15(10-20-6-1-2-7-20)17-12-5-8-21(9-12)14-4-3-13-18-16-11-22(13)19-14/h1-4,6-7,11-12H,5,8-10H2,(H,17,23)/t12-/m0/s1. The maximum absolute atomic E-state index is 12.1. The smallest absolute Gasteiger partial charge is 0.240 e. The van der Waals surface area contributed by atoms with E-state index >= 15 is 0 Å². The number of carbonyl (C=O) groups excluding carboxylic acids is 1. The van der Waals surface area contributed by atoms with E-state index in [1.807, 2.05) is 41.2 Å². The highest BCUT2D eigenvalue weighted by molar-refractivity contribution is 5.76. The van der Waals surface area contributed by atoms with Gasteiger partial charge in [0.15, 0.2) is 5.65 Å². The van der Waals surface area contributed by atoms with Crippen molar-refractivity contribution in [3.8, 4) is 0 Å². The van der Waals surface area contributed by atoms with Gasteiger partial charge in [0.25, 0.3) is 0 Å². The maximum atomic E-state index is 12.1. The van der Waals surface area contributed by atoms with Gasteiger partial charge in [-0.05, 0) is 30.7 Å². The van der Waals surface area contributed by atoms with Gasteiger partial charge in [0.2, 0.25) is 5.91 Å². The molecule has 1 saturated heterocycles. The molecule has 4 rings (SSSR count). The highest BCUT2D eigenvalue weighted by atomic mass is 16.2. The Bertz CT molecular complexity index is 810. The van der Waals surface area contributed by atoms with E-state index in [0.29, 0.717) is 6.54 Å². The van der Waals surface area contributed by atoms with E-state index in [-0.39, 0.29) is 11.9 Å². The molecule has 4 heterocycles. The lowest BCUT2D eigenvalue weighted by molar-refractivity contribution is -0.122. The van der Waals surface area contributed by atoms with Crippen LogP contribution in [-0.4, -0.2) is 49.4 Å². The molecular weight excluding hydrogens is 294 g/mol. The van der Waals surface area contributed by atoms with Crippen LogP contribution in [0.4, 0.5) is 5.82 Å². The predicted molar refractivity (Wildman–Crippen MR) is 84.0 cm³/mol. The van der Waals surface area contributed by atoms with Crippen molar-refractivity contribution in [3.05, 3.63) is 43.0 Å². The highest BCUT2D eigenvalue weighted by Crippen LogP contribution is 2.18. The Morgan fingerprint density at radius 3 is 3.04 bits per heavy atom. The summed E-state index contributed by atoms with van der Waals surface area (Å²) in [5.41, 5.74) is 0.726. The van der Waals surface area contributed by atoms with E-state index in [0.717, 1.165) is 31.0 Å². The van der Waals surface area contributed by atoms with Gasteiger partial charge in [-0.25, -0.2) is 0 Å². The van der Waals surface area contributed by atoms with Crippen LogP contribution < -0.4 is 10.2 Å². The fraction of sp³-hybridized carbons (Fsp3) is 0.333. The lowest BCUT2D eigenvalue weighted by Gasteiger charge is -2.17. The molecule has 1 aliphatic rings. The van der Waals surface area contributed by atoms with Gasteiger partial charge in [-0.1, -0.05) is 0 Å². The van der Waals surface area contributed by atoms with Gasteiger partial charge in [0, 0.05) is 31.5 Å². The second-order valence-corrected chi connectivity index (χ2v) is 5.68. The number of nitrogens with zero attached hydrogens (tertiary/aromatic N) is 6. The first-order valence-corrected chi connectivity index (χ1v) is 7.60. The first-order valence-electron chi connectivity index (χ1n) is 7.60. The number of hydrogen-bond donors (Lipinski definition) is 1. The van der Waals surface area contributed by atoms with Crippen LogP contribution in [-0.2, 0) is 11.3 Å². The molecule has 0 aromatic carbocycles. The summed E-state index contributed by atoms with van der Waals surface area (Å²) in [5, 5.41) is 15.4. The summed E-state index contributed by atoms with van der Waals surface area (Å²) in [4.78, 5) is 14.2. The molecule has 0 radical (unpaired) electrons. The molecule has 0 saturated carbocycles. The van der Waals surface area contributed by atoms with Crippen molar-refractivity contribution in [1.29, 1.82) is 0 Å². The monoisotopic (exact) mass is 311 g/mol. The van der Waals surface area contributed by atoms with Crippen LogP contribution in [0, 0.1) is 0 Å². The van der Waals surface area contributed by atoms with E-state index in [1.54, 1.807) is 10.8 Å². The second-order valence-electron chi connectivity index (χ2n) is 5.68. The number of hydrogen-bond acceptors (Lipinski definition) is 5. The molecule has 8 nitrogen and oxygen atoms in total. The molecule has 3 aromatic heterocycles. The molecule has 1 amide bonds. The summed E-state index contributed by atoms with van der Waals surface area (Å²) in [5.74, 6) is 0.912. The lowest BCUT2D eigenvalue weighted by Crippen LogP contribution is -2.38. The van der Waals surface area contributed by atoms with Crippen molar-refractivity contribution in [2.75, 3.05) is 18.0 Å². The number of aromatic nitrogens is 5. The van der Waals surface area contributed by atoms with Crippen LogP contribution in [0.3, 0.4) is 0 Å². The predicted octanol–water partition coefficient (Wildman–Crippen LogP) is 0.321. The number of nitrogens with one attached hydrogen (secondary N) is 1. The van der Waals surface area contributed by atoms with Crippen LogP contribution in [0.1, 0.15) is 6.42 Å². The second kappa shape index (κ2) is 5.71. The minimum Gasteiger partial charge on any atom is -0.353 e. The number of carbonyl (C=O) groups is 1. The third-order valence-corrected chi connectivity index (χ3v) is 4.02. The summed E-state index contributed by atoms with van der Waals surface area (Å²) in [6, 6.07) is 7.81. The molecule has 3 aromatic rings. The minimum atomic E-state index is 0.0373. The van der Waals surface area contributed by atoms with E-state index in [2.05, 4.69) is 25.5 Å². The number of amides is 1. The van der Waals surface area contributed by atoms with Crippen molar-refractivity contribution < 1.29 is 4.79 Å². The number of fused-ring (bicyclic) bond motifs is 1. The van der Waals surface area contributed by atoms with Crippen molar-refractivity contribution in [3.63, 3.8) is 0 Å². The van der Waals surface area contributed by atoms with E-state index in [1.165, 1.54) is 0 Å². The van der Waals surface area contributed by atoms with Crippen LogP contribution in [0.15, 0.2) is 43.0 Å². The molecule has 8 heteroatoms. The molecule has 0 spiro atoms. The van der Waals surface area contributed by atoms with Gasteiger partial charge in [0.1, 0.15) is 18.7 Å². The van der Waals surface area contributed by atoms with Gasteiger partial charge >= 0.3 is 0 Å². The first-order chi connectivity index (χ1) is 11.3. The fourth-order valence-corrected chi connectivity index (χ4v) is 2.89.